The maximum atomic E-state index is 10.2. The Balaban J connectivity index is 2.36. The normalized spacial score (nSPS) is 12.2. The van der Waals surface area contributed by atoms with Crippen LogP contribution in [0, 0.1) is 13.8 Å². The minimum atomic E-state index is 0.141. The first-order valence-corrected chi connectivity index (χ1v) is 7.15. The predicted octanol–water partition coefficient (Wildman–Crippen LogP) is 4.60. The van der Waals surface area contributed by atoms with Crippen molar-refractivity contribution in [3.8, 4) is 5.75 Å². The third kappa shape index (κ3) is 2.96. The van der Waals surface area contributed by atoms with Gasteiger partial charge in [-0.05, 0) is 57.0 Å². The number of aryl methyl sites for hydroxylation is 2. The van der Waals surface area contributed by atoms with Gasteiger partial charge in [-0.15, -0.1) is 0 Å². The molecule has 2 rings (SSSR count). The molecule has 2 heteroatoms. The molecular weight excluding hydrogens is 246 g/mol. The summed E-state index contributed by atoms with van der Waals surface area (Å²) in [7, 11) is 0. The molecule has 0 radical (unpaired) electrons. The molecular formula is C18H23NO. The Kier molecular flexibility index (Phi) is 4.33. The van der Waals surface area contributed by atoms with Crippen LogP contribution in [-0.4, -0.2) is 11.7 Å². The first-order chi connectivity index (χ1) is 9.52. The molecule has 0 saturated carbocycles. The number of benzene rings is 2. The second-order valence-electron chi connectivity index (χ2n) is 5.36. The lowest BCUT2D eigenvalue weighted by Gasteiger charge is -2.31. The van der Waals surface area contributed by atoms with Crippen LogP contribution >= 0.6 is 0 Å². The topological polar surface area (TPSA) is 23.5 Å². The quantitative estimate of drug-likeness (QED) is 0.877. The van der Waals surface area contributed by atoms with Crippen LogP contribution in [0.15, 0.2) is 42.5 Å². The Morgan fingerprint density at radius 2 is 1.75 bits per heavy atom. The molecule has 20 heavy (non-hydrogen) atoms. The number of rotatable bonds is 4. The third-order valence-corrected chi connectivity index (χ3v) is 3.78. The summed E-state index contributed by atoms with van der Waals surface area (Å²) in [6.45, 7) is 9.27. The lowest BCUT2D eigenvalue weighted by molar-refractivity contribution is 0.460. The summed E-state index contributed by atoms with van der Waals surface area (Å²) in [5, 5.41) is 10.2. The van der Waals surface area contributed by atoms with Gasteiger partial charge < -0.3 is 10.0 Å². The van der Waals surface area contributed by atoms with Crippen molar-refractivity contribution in [3.63, 3.8) is 0 Å². The van der Waals surface area contributed by atoms with Crippen molar-refractivity contribution in [1.29, 1.82) is 0 Å². The summed E-state index contributed by atoms with van der Waals surface area (Å²) in [5.74, 6) is 0.378. The first kappa shape index (κ1) is 14.4. The Bertz CT molecular complexity index is 592. The van der Waals surface area contributed by atoms with Crippen LogP contribution in [0.5, 0.6) is 5.75 Å². The zero-order valence-electron chi connectivity index (χ0n) is 12.7. The van der Waals surface area contributed by atoms with Crippen molar-refractivity contribution < 1.29 is 5.11 Å². The standard InChI is InChI=1S/C18H23NO/c1-5-19(16-8-6-7-13(2)11-16)15(4)17-10-9-14(3)12-18(17)20/h6-12,15,20H,5H2,1-4H3. The summed E-state index contributed by atoms with van der Waals surface area (Å²) >= 11 is 0. The van der Waals surface area contributed by atoms with Crippen LogP contribution in [0.3, 0.4) is 0 Å². The molecule has 0 aliphatic rings. The van der Waals surface area contributed by atoms with E-state index in [-0.39, 0.29) is 6.04 Å². The molecule has 0 spiro atoms. The zero-order chi connectivity index (χ0) is 14.7. The van der Waals surface area contributed by atoms with Gasteiger partial charge in [-0.2, -0.15) is 0 Å². The van der Waals surface area contributed by atoms with Crippen molar-refractivity contribution in [1.82, 2.24) is 0 Å². The Morgan fingerprint density at radius 1 is 1.05 bits per heavy atom. The van der Waals surface area contributed by atoms with Crippen LogP contribution in [-0.2, 0) is 0 Å². The van der Waals surface area contributed by atoms with E-state index in [0.717, 1.165) is 17.7 Å². The molecule has 0 heterocycles. The summed E-state index contributed by atoms with van der Waals surface area (Å²) in [5.41, 5.74) is 4.50. The average molecular weight is 269 g/mol. The van der Waals surface area contributed by atoms with Gasteiger partial charge in [-0.3, -0.25) is 0 Å². The van der Waals surface area contributed by atoms with Crippen molar-refractivity contribution in [2.75, 3.05) is 11.4 Å². The SMILES string of the molecule is CCN(c1cccc(C)c1)C(C)c1ccc(C)cc1O. The molecule has 2 nitrogen and oxygen atoms in total. The number of phenols is 1. The van der Waals surface area contributed by atoms with Crippen LogP contribution in [0.4, 0.5) is 5.69 Å². The van der Waals surface area contributed by atoms with Gasteiger partial charge in [0, 0.05) is 17.8 Å². The van der Waals surface area contributed by atoms with Gasteiger partial charge in [-0.25, -0.2) is 0 Å². The fraction of sp³-hybridized carbons (Fsp3) is 0.333. The maximum absolute atomic E-state index is 10.2. The molecule has 2 aromatic carbocycles. The van der Waals surface area contributed by atoms with Gasteiger partial charge in [0.25, 0.3) is 0 Å². The van der Waals surface area contributed by atoms with E-state index >= 15 is 0 Å². The molecule has 0 amide bonds. The number of hydrogen-bond acceptors (Lipinski definition) is 2. The third-order valence-electron chi connectivity index (χ3n) is 3.78. The number of phenolic OH excluding ortho intramolecular Hbond substituents is 1. The van der Waals surface area contributed by atoms with E-state index in [2.05, 4.69) is 56.0 Å². The van der Waals surface area contributed by atoms with E-state index in [9.17, 15) is 5.11 Å². The molecule has 1 N–H and O–H groups in total. The second-order valence-corrected chi connectivity index (χ2v) is 5.36. The minimum Gasteiger partial charge on any atom is -0.508 e. The molecule has 0 aliphatic heterocycles. The molecule has 0 bridgehead atoms. The summed E-state index contributed by atoms with van der Waals surface area (Å²) < 4.78 is 0. The van der Waals surface area contributed by atoms with Crippen molar-refractivity contribution >= 4 is 5.69 Å². The van der Waals surface area contributed by atoms with Crippen molar-refractivity contribution in [2.24, 2.45) is 0 Å². The van der Waals surface area contributed by atoms with Gasteiger partial charge in [-0.1, -0.05) is 24.3 Å². The number of hydrogen-bond donors (Lipinski definition) is 1. The lowest BCUT2D eigenvalue weighted by atomic mass is 10.0. The summed E-state index contributed by atoms with van der Waals surface area (Å²) in [6, 6.07) is 14.5. The lowest BCUT2D eigenvalue weighted by Crippen LogP contribution is -2.26. The number of nitrogens with zero attached hydrogens (tertiary/aromatic N) is 1. The number of aromatic hydroxyl groups is 1. The largest absolute Gasteiger partial charge is 0.508 e. The molecule has 0 saturated heterocycles. The Morgan fingerprint density at radius 3 is 2.35 bits per heavy atom. The minimum absolute atomic E-state index is 0.141. The summed E-state index contributed by atoms with van der Waals surface area (Å²) in [6.07, 6.45) is 0. The molecule has 1 unspecified atom stereocenters. The maximum Gasteiger partial charge on any atom is 0.121 e. The Labute approximate surface area is 121 Å². The highest BCUT2D eigenvalue weighted by Gasteiger charge is 2.17. The van der Waals surface area contributed by atoms with Gasteiger partial charge >= 0.3 is 0 Å². The molecule has 1 atom stereocenters. The van der Waals surface area contributed by atoms with Crippen LogP contribution < -0.4 is 4.90 Å². The molecule has 106 valence electrons. The smallest absolute Gasteiger partial charge is 0.121 e. The van der Waals surface area contributed by atoms with E-state index in [1.807, 2.05) is 19.1 Å². The van der Waals surface area contributed by atoms with Gasteiger partial charge in [0.05, 0.1) is 6.04 Å². The highest BCUT2D eigenvalue weighted by molar-refractivity contribution is 5.52. The van der Waals surface area contributed by atoms with Gasteiger partial charge in [0.2, 0.25) is 0 Å². The van der Waals surface area contributed by atoms with Crippen LogP contribution in [0.2, 0.25) is 0 Å². The average Bonchev–Trinajstić information content (AvgIpc) is 2.39. The van der Waals surface area contributed by atoms with E-state index in [1.165, 1.54) is 11.3 Å². The van der Waals surface area contributed by atoms with Crippen LogP contribution in [0.1, 0.15) is 36.6 Å². The van der Waals surface area contributed by atoms with E-state index in [1.54, 1.807) is 0 Å². The molecule has 0 fully saturated rings. The van der Waals surface area contributed by atoms with Crippen LogP contribution in [0.25, 0.3) is 0 Å². The van der Waals surface area contributed by atoms with E-state index in [4.69, 9.17) is 0 Å². The Hall–Kier alpha value is -1.96. The van der Waals surface area contributed by atoms with E-state index in [0.29, 0.717) is 5.75 Å². The van der Waals surface area contributed by atoms with Crippen molar-refractivity contribution in [3.05, 3.63) is 59.2 Å². The predicted molar refractivity (Wildman–Crippen MR) is 85.5 cm³/mol. The summed E-state index contributed by atoms with van der Waals surface area (Å²) in [4.78, 5) is 2.30. The van der Waals surface area contributed by atoms with E-state index < -0.39 is 0 Å². The molecule has 0 aromatic heterocycles. The van der Waals surface area contributed by atoms with Crippen molar-refractivity contribution in [2.45, 2.75) is 33.7 Å². The molecule has 0 aliphatic carbocycles. The van der Waals surface area contributed by atoms with Gasteiger partial charge in [0.1, 0.15) is 5.75 Å². The fourth-order valence-electron chi connectivity index (χ4n) is 2.66. The second kappa shape index (κ2) is 6.00. The highest BCUT2D eigenvalue weighted by atomic mass is 16.3. The highest BCUT2D eigenvalue weighted by Crippen LogP contribution is 2.32. The zero-order valence-corrected chi connectivity index (χ0v) is 12.7. The first-order valence-electron chi connectivity index (χ1n) is 7.15. The number of anilines is 1. The molecule has 2 aromatic rings. The fourth-order valence-corrected chi connectivity index (χ4v) is 2.66. The monoisotopic (exact) mass is 269 g/mol. The van der Waals surface area contributed by atoms with Gasteiger partial charge in [0.15, 0.2) is 0 Å².